The Bertz CT molecular complexity index is 601. The number of nitrogens with zero attached hydrogens (tertiary/aromatic N) is 1. The van der Waals surface area contributed by atoms with Crippen molar-refractivity contribution in [2.24, 2.45) is 0 Å². The van der Waals surface area contributed by atoms with Crippen molar-refractivity contribution < 1.29 is 9.18 Å². The molecule has 0 saturated carbocycles. The fourth-order valence-electron chi connectivity index (χ4n) is 1.54. The summed E-state index contributed by atoms with van der Waals surface area (Å²) in [5.74, 6) is -0.500. The number of hydrogen-bond acceptors (Lipinski definition) is 3. The van der Waals surface area contributed by atoms with Crippen molar-refractivity contribution in [3.05, 3.63) is 52.5 Å². The molecule has 0 unspecified atom stereocenters. The second kappa shape index (κ2) is 5.27. The summed E-state index contributed by atoms with van der Waals surface area (Å²) in [6.07, 6.45) is 3.03. The van der Waals surface area contributed by atoms with Crippen LogP contribution >= 0.6 is 15.9 Å². The van der Waals surface area contributed by atoms with E-state index >= 15 is 0 Å². The van der Waals surface area contributed by atoms with Crippen LogP contribution in [0.15, 0.2) is 41.1 Å². The Balaban J connectivity index is 2.37. The fourth-order valence-corrected chi connectivity index (χ4v) is 1.87. The van der Waals surface area contributed by atoms with Gasteiger partial charge in [0.1, 0.15) is 5.82 Å². The second-order valence-corrected chi connectivity index (χ2v) is 4.64. The standard InChI is InChI=1S/C13H10BrFN2O/c1-8(18)10-4-5-16-7-13(10)17-12-3-2-9(14)6-11(12)15/h2-7,17H,1H3. The molecule has 0 aliphatic rings. The van der Waals surface area contributed by atoms with Crippen molar-refractivity contribution in [2.45, 2.75) is 6.92 Å². The zero-order valence-corrected chi connectivity index (χ0v) is 11.2. The molecule has 0 radical (unpaired) electrons. The normalized spacial score (nSPS) is 10.2. The molecule has 1 N–H and O–H groups in total. The van der Waals surface area contributed by atoms with Crippen LogP contribution in [0.2, 0.25) is 0 Å². The van der Waals surface area contributed by atoms with Crippen LogP contribution in [0, 0.1) is 5.82 Å². The molecular weight excluding hydrogens is 299 g/mol. The number of aromatic nitrogens is 1. The maximum Gasteiger partial charge on any atom is 0.162 e. The van der Waals surface area contributed by atoms with Gasteiger partial charge in [0.25, 0.3) is 0 Å². The lowest BCUT2D eigenvalue weighted by Gasteiger charge is -2.10. The Morgan fingerprint density at radius 2 is 2.11 bits per heavy atom. The lowest BCUT2D eigenvalue weighted by molar-refractivity contribution is 0.101. The van der Waals surface area contributed by atoms with Crippen LogP contribution in [0.1, 0.15) is 17.3 Å². The van der Waals surface area contributed by atoms with E-state index in [-0.39, 0.29) is 5.78 Å². The van der Waals surface area contributed by atoms with Gasteiger partial charge in [-0.1, -0.05) is 15.9 Å². The minimum absolute atomic E-state index is 0.0996. The maximum atomic E-state index is 13.7. The van der Waals surface area contributed by atoms with Crippen molar-refractivity contribution in [3.63, 3.8) is 0 Å². The second-order valence-electron chi connectivity index (χ2n) is 3.73. The molecule has 2 aromatic rings. The molecule has 0 fully saturated rings. The zero-order chi connectivity index (χ0) is 13.1. The number of carbonyl (C=O) groups is 1. The molecule has 0 aliphatic heterocycles. The molecule has 5 heteroatoms. The molecule has 3 nitrogen and oxygen atoms in total. The van der Waals surface area contributed by atoms with E-state index in [2.05, 4.69) is 26.2 Å². The molecule has 1 heterocycles. The third-order valence-electron chi connectivity index (χ3n) is 2.40. The first-order valence-electron chi connectivity index (χ1n) is 5.25. The van der Waals surface area contributed by atoms with E-state index in [0.717, 1.165) is 0 Å². The van der Waals surface area contributed by atoms with Crippen LogP contribution < -0.4 is 5.32 Å². The Morgan fingerprint density at radius 1 is 1.33 bits per heavy atom. The lowest BCUT2D eigenvalue weighted by Crippen LogP contribution is -2.02. The highest BCUT2D eigenvalue weighted by atomic mass is 79.9. The first-order valence-corrected chi connectivity index (χ1v) is 6.04. The Labute approximate surface area is 112 Å². The van der Waals surface area contributed by atoms with Crippen LogP contribution in [-0.2, 0) is 0 Å². The smallest absolute Gasteiger partial charge is 0.162 e. The van der Waals surface area contributed by atoms with E-state index in [1.807, 2.05) is 0 Å². The summed E-state index contributed by atoms with van der Waals surface area (Å²) >= 11 is 3.19. The van der Waals surface area contributed by atoms with E-state index in [9.17, 15) is 9.18 Å². The molecule has 0 aliphatic carbocycles. The van der Waals surface area contributed by atoms with Crippen molar-refractivity contribution >= 4 is 33.1 Å². The highest BCUT2D eigenvalue weighted by Gasteiger charge is 2.09. The van der Waals surface area contributed by atoms with E-state index in [1.54, 1.807) is 18.2 Å². The van der Waals surface area contributed by atoms with Gasteiger partial charge < -0.3 is 5.32 Å². The summed E-state index contributed by atoms with van der Waals surface area (Å²) in [6.45, 7) is 1.46. The highest BCUT2D eigenvalue weighted by molar-refractivity contribution is 9.10. The first-order chi connectivity index (χ1) is 8.58. The molecule has 0 saturated heterocycles. The van der Waals surface area contributed by atoms with E-state index < -0.39 is 5.82 Å². The van der Waals surface area contributed by atoms with Gasteiger partial charge >= 0.3 is 0 Å². The minimum atomic E-state index is -0.400. The quantitative estimate of drug-likeness (QED) is 0.874. The zero-order valence-electron chi connectivity index (χ0n) is 9.58. The van der Waals surface area contributed by atoms with Crippen molar-refractivity contribution in [3.8, 4) is 0 Å². The number of benzene rings is 1. The molecule has 2 rings (SSSR count). The third kappa shape index (κ3) is 2.73. The van der Waals surface area contributed by atoms with Gasteiger partial charge in [-0.05, 0) is 31.2 Å². The summed E-state index contributed by atoms with van der Waals surface area (Å²) in [4.78, 5) is 15.4. The maximum absolute atomic E-state index is 13.7. The average Bonchev–Trinajstić information content (AvgIpc) is 2.33. The number of carbonyl (C=O) groups excluding carboxylic acids is 1. The van der Waals surface area contributed by atoms with E-state index in [4.69, 9.17) is 0 Å². The number of ketones is 1. The van der Waals surface area contributed by atoms with Crippen molar-refractivity contribution in [1.29, 1.82) is 0 Å². The first kappa shape index (κ1) is 12.7. The van der Waals surface area contributed by atoms with Crippen LogP contribution in [0.3, 0.4) is 0 Å². The Hall–Kier alpha value is -1.75. The highest BCUT2D eigenvalue weighted by Crippen LogP contribution is 2.24. The Kier molecular flexibility index (Phi) is 3.72. The summed E-state index contributed by atoms with van der Waals surface area (Å²) in [5.41, 5.74) is 1.27. The van der Waals surface area contributed by atoms with Crippen molar-refractivity contribution in [1.82, 2.24) is 4.98 Å². The number of halogens is 2. The van der Waals surface area contributed by atoms with Gasteiger partial charge in [0.2, 0.25) is 0 Å². The molecule has 92 valence electrons. The van der Waals surface area contributed by atoms with Gasteiger partial charge in [0.05, 0.1) is 17.6 Å². The van der Waals surface area contributed by atoms with Gasteiger partial charge in [0.15, 0.2) is 5.78 Å². The number of pyridine rings is 1. The summed E-state index contributed by atoms with van der Waals surface area (Å²) < 4.78 is 14.3. The van der Waals surface area contributed by atoms with Gasteiger partial charge in [-0.25, -0.2) is 4.39 Å². The lowest BCUT2D eigenvalue weighted by atomic mass is 10.1. The van der Waals surface area contributed by atoms with E-state index in [0.29, 0.717) is 21.4 Å². The largest absolute Gasteiger partial charge is 0.351 e. The van der Waals surface area contributed by atoms with Gasteiger partial charge in [-0.2, -0.15) is 0 Å². The van der Waals surface area contributed by atoms with Crippen LogP contribution in [0.25, 0.3) is 0 Å². The molecule has 0 atom stereocenters. The van der Waals surface area contributed by atoms with Gasteiger partial charge in [-0.15, -0.1) is 0 Å². The van der Waals surface area contributed by atoms with Gasteiger partial charge in [-0.3, -0.25) is 9.78 Å². The molecule has 1 aromatic heterocycles. The molecule has 0 spiro atoms. The number of anilines is 2. The monoisotopic (exact) mass is 308 g/mol. The number of rotatable bonds is 3. The molecular formula is C13H10BrFN2O. The van der Waals surface area contributed by atoms with Crippen LogP contribution in [-0.4, -0.2) is 10.8 Å². The number of Topliss-reactive ketones (excluding diaryl/α,β-unsaturated/α-hetero) is 1. The summed E-state index contributed by atoms with van der Waals surface area (Å²) in [7, 11) is 0. The Morgan fingerprint density at radius 3 is 2.78 bits per heavy atom. The summed E-state index contributed by atoms with van der Waals surface area (Å²) in [5, 5.41) is 2.87. The van der Waals surface area contributed by atoms with Gasteiger partial charge in [0, 0.05) is 16.2 Å². The number of nitrogens with one attached hydrogen (secondary N) is 1. The fraction of sp³-hybridized carbons (Fsp3) is 0.0769. The molecule has 0 amide bonds. The average molecular weight is 309 g/mol. The third-order valence-corrected chi connectivity index (χ3v) is 2.89. The van der Waals surface area contributed by atoms with E-state index in [1.165, 1.54) is 25.4 Å². The van der Waals surface area contributed by atoms with Crippen molar-refractivity contribution in [2.75, 3.05) is 5.32 Å². The predicted octanol–water partition coefficient (Wildman–Crippen LogP) is 3.93. The topological polar surface area (TPSA) is 42.0 Å². The predicted molar refractivity (Wildman–Crippen MR) is 71.6 cm³/mol. The van der Waals surface area contributed by atoms with Crippen LogP contribution in [0.4, 0.5) is 15.8 Å². The molecule has 1 aromatic carbocycles. The number of hydrogen-bond donors (Lipinski definition) is 1. The summed E-state index contributed by atoms with van der Waals surface area (Å²) in [6, 6.07) is 6.26. The minimum Gasteiger partial charge on any atom is -0.351 e. The molecule has 18 heavy (non-hydrogen) atoms. The SMILES string of the molecule is CC(=O)c1ccncc1Nc1ccc(Br)cc1F. The molecule has 0 bridgehead atoms. The van der Waals surface area contributed by atoms with Crippen LogP contribution in [0.5, 0.6) is 0 Å².